The number of fused-ring (bicyclic) bond motifs is 1. The molecule has 0 radical (unpaired) electrons. The van der Waals surface area contributed by atoms with Crippen LogP contribution in [0.25, 0.3) is 10.9 Å². The average molecular weight is 440 g/mol. The number of anilines is 5. The number of rotatable bonds is 7. The van der Waals surface area contributed by atoms with Crippen molar-refractivity contribution in [1.29, 1.82) is 0 Å². The van der Waals surface area contributed by atoms with Gasteiger partial charge in [0, 0.05) is 27.9 Å². The molecule has 2 aromatic heterocycles. The molecule has 0 spiro atoms. The van der Waals surface area contributed by atoms with E-state index in [4.69, 9.17) is 0 Å². The number of aromatic amines is 1. The number of H-pyrrole nitrogens is 1. The van der Waals surface area contributed by atoms with Gasteiger partial charge in [-0.15, -0.1) is 0 Å². The lowest BCUT2D eigenvalue weighted by molar-refractivity contribution is 1.12. The van der Waals surface area contributed by atoms with Crippen molar-refractivity contribution >= 4 is 51.7 Å². The SMILES string of the molecule is Cc1ccc(SNc2ccc(Nc3nccc(Nc4cccc5[nH]ncc45)n3)cc2)cc1. The van der Waals surface area contributed by atoms with E-state index in [1.165, 1.54) is 10.5 Å². The van der Waals surface area contributed by atoms with Crippen LogP contribution in [-0.2, 0) is 0 Å². The minimum Gasteiger partial charge on any atom is -0.339 e. The highest BCUT2D eigenvalue weighted by molar-refractivity contribution is 8.00. The normalized spacial score (nSPS) is 10.8. The molecule has 2 heterocycles. The highest BCUT2D eigenvalue weighted by Gasteiger charge is 2.05. The smallest absolute Gasteiger partial charge is 0.229 e. The molecule has 8 heteroatoms. The van der Waals surface area contributed by atoms with Gasteiger partial charge in [-0.2, -0.15) is 10.1 Å². The third kappa shape index (κ3) is 4.65. The predicted octanol–water partition coefficient (Wildman–Crippen LogP) is 6.27. The molecule has 0 unspecified atom stereocenters. The maximum absolute atomic E-state index is 4.58. The molecule has 158 valence electrons. The van der Waals surface area contributed by atoms with Crippen molar-refractivity contribution in [2.24, 2.45) is 0 Å². The van der Waals surface area contributed by atoms with Gasteiger partial charge in [0.1, 0.15) is 5.82 Å². The van der Waals surface area contributed by atoms with E-state index in [0.29, 0.717) is 11.8 Å². The summed E-state index contributed by atoms with van der Waals surface area (Å²) in [6, 6.07) is 24.2. The Morgan fingerprint density at radius 3 is 2.50 bits per heavy atom. The Morgan fingerprint density at radius 1 is 0.844 bits per heavy atom. The van der Waals surface area contributed by atoms with E-state index >= 15 is 0 Å². The number of nitrogens with one attached hydrogen (secondary N) is 4. The van der Waals surface area contributed by atoms with E-state index < -0.39 is 0 Å². The van der Waals surface area contributed by atoms with Crippen molar-refractivity contribution in [2.75, 3.05) is 15.4 Å². The van der Waals surface area contributed by atoms with E-state index in [2.05, 4.69) is 66.7 Å². The molecule has 0 saturated carbocycles. The van der Waals surface area contributed by atoms with Gasteiger partial charge in [0.25, 0.3) is 0 Å². The predicted molar refractivity (Wildman–Crippen MR) is 132 cm³/mol. The lowest BCUT2D eigenvalue weighted by Gasteiger charge is -2.10. The second kappa shape index (κ2) is 8.99. The van der Waals surface area contributed by atoms with Crippen molar-refractivity contribution in [2.45, 2.75) is 11.8 Å². The summed E-state index contributed by atoms with van der Waals surface area (Å²) in [5.74, 6) is 1.22. The summed E-state index contributed by atoms with van der Waals surface area (Å²) < 4.78 is 3.36. The van der Waals surface area contributed by atoms with Crippen molar-refractivity contribution in [3.63, 3.8) is 0 Å². The minimum absolute atomic E-state index is 0.518. The molecule has 3 aromatic carbocycles. The van der Waals surface area contributed by atoms with E-state index in [1.807, 2.05) is 48.5 Å². The molecule has 4 N–H and O–H groups in total. The Hall–Kier alpha value is -4.04. The molecular formula is C24H21N7S. The fourth-order valence-electron chi connectivity index (χ4n) is 3.18. The monoisotopic (exact) mass is 439 g/mol. The van der Waals surface area contributed by atoms with Crippen molar-refractivity contribution in [3.8, 4) is 0 Å². The number of aromatic nitrogens is 4. The molecule has 7 nitrogen and oxygen atoms in total. The van der Waals surface area contributed by atoms with Gasteiger partial charge in [-0.3, -0.25) is 5.10 Å². The van der Waals surface area contributed by atoms with Crippen molar-refractivity contribution in [1.82, 2.24) is 20.2 Å². The summed E-state index contributed by atoms with van der Waals surface area (Å²) in [5, 5.41) is 14.7. The quantitative estimate of drug-likeness (QED) is 0.222. The Labute approximate surface area is 189 Å². The third-order valence-electron chi connectivity index (χ3n) is 4.85. The van der Waals surface area contributed by atoms with E-state index in [1.54, 1.807) is 24.3 Å². The second-order valence-corrected chi connectivity index (χ2v) is 8.13. The largest absolute Gasteiger partial charge is 0.339 e. The maximum atomic E-state index is 4.58. The molecule has 5 aromatic rings. The molecule has 0 aliphatic rings. The number of benzene rings is 3. The Morgan fingerprint density at radius 2 is 1.66 bits per heavy atom. The average Bonchev–Trinajstić information content (AvgIpc) is 3.30. The van der Waals surface area contributed by atoms with Gasteiger partial charge in [0.2, 0.25) is 5.95 Å². The molecule has 0 amide bonds. The van der Waals surface area contributed by atoms with Crippen molar-refractivity contribution in [3.05, 3.63) is 90.8 Å². The first-order valence-electron chi connectivity index (χ1n) is 10.1. The Bertz CT molecular complexity index is 1330. The molecular weight excluding hydrogens is 418 g/mol. The number of hydrogen-bond donors (Lipinski definition) is 4. The topological polar surface area (TPSA) is 90.6 Å². The fraction of sp³-hybridized carbons (Fsp3) is 0.0417. The van der Waals surface area contributed by atoms with Crippen LogP contribution in [0, 0.1) is 6.92 Å². The molecule has 0 bridgehead atoms. The molecule has 0 fully saturated rings. The first kappa shape index (κ1) is 19.9. The summed E-state index contributed by atoms with van der Waals surface area (Å²) in [7, 11) is 0. The van der Waals surface area contributed by atoms with Gasteiger partial charge in [-0.1, -0.05) is 23.8 Å². The van der Waals surface area contributed by atoms with Crippen LogP contribution in [0.3, 0.4) is 0 Å². The van der Waals surface area contributed by atoms with E-state index in [0.717, 1.165) is 28.0 Å². The fourth-order valence-corrected chi connectivity index (χ4v) is 3.82. The summed E-state index contributed by atoms with van der Waals surface area (Å²) >= 11 is 1.59. The van der Waals surface area contributed by atoms with Gasteiger partial charge in [0.15, 0.2) is 0 Å². The summed E-state index contributed by atoms with van der Waals surface area (Å²) in [6.45, 7) is 2.09. The number of aryl methyl sites for hydroxylation is 1. The molecule has 0 aliphatic carbocycles. The van der Waals surface area contributed by atoms with Crippen LogP contribution in [0.1, 0.15) is 5.56 Å². The van der Waals surface area contributed by atoms with Crippen LogP contribution >= 0.6 is 11.9 Å². The van der Waals surface area contributed by atoms with Crippen LogP contribution < -0.4 is 15.4 Å². The first-order valence-corrected chi connectivity index (χ1v) is 10.9. The Kier molecular flexibility index (Phi) is 5.59. The highest BCUT2D eigenvalue weighted by atomic mass is 32.2. The maximum Gasteiger partial charge on any atom is 0.229 e. The van der Waals surface area contributed by atoms with Crippen LogP contribution in [0.4, 0.5) is 28.8 Å². The van der Waals surface area contributed by atoms with Gasteiger partial charge in [-0.05, 0) is 73.5 Å². The summed E-state index contributed by atoms with van der Waals surface area (Å²) in [5.41, 5.74) is 5.08. The van der Waals surface area contributed by atoms with E-state index in [9.17, 15) is 0 Å². The number of hydrogen-bond acceptors (Lipinski definition) is 7. The highest BCUT2D eigenvalue weighted by Crippen LogP contribution is 2.26. The molecule has 5 rings (SSSR count). The minimum atomic E-state index is 0.518. The summed E-state index contributed by atoms with van der Waals surface area (Å²) in [6.07, 6.45) is 3.52. The van der Waals surface area contributed by atoms with Crippen LogP contribution in [0.2, 0.25) is 0 Å². The first-order chi connectivity index (χ1) is 15.7. The molecule has 0 aliphatic heterocycles. The van der Waals surface area contributed by atoms with Crippen molar-refractivity contribution < 1.29 is 0 Å². The molecule has 0 atom stereocenters. The second-order valence-electron chi connectivity index (χ2n) is 7.25. The lowest BCUT2D eigenvalue weighted by atomic mass is 10.2. The van der Waals surface area contributed by atoms with Gasteiger partial charge < -0.3 is 15.4 Å². The van der Waals surface area contributed by atoms with Crippen LogP contribution in [0.15, 0.2) is 90.1 Å². The van der Waals surface area contributed by atoms with Gasteiger partial charge in [0.05, 0.1) is 17.4 Å². The zero-order valence-electron chi connectivity index (χ0n) is 17.3. The third-order valence-corrected chi connectivity index (χ3v) is 5.70. The molecule has 0 saturated heterocycles. The van der Waals surface area contributed by atoms with Crippen LogP contribution in [0.5, 0.6) is 0 Å². The zero-order valence-corrected chi connectivity index (χ0v) is 18.1. The van der Waals surface area contributed by atoms with Gasteiger partial charge in [-0.25, -0.2) is 4.98 Å². The van der Waals surface area contributed by atoms with Gasteiger partial charge >= 0.3 is 0 Å². The Balaban J connectivity index is 1.23. The van der Waals surface area contributed by atoms with E-state index in [-0.39, 0.29) is 0 Å². The zero-order chi connectivity index (χ0) is 21.8. The lowest BCUT2D eigenvalue weighted by Crippen LogP contribution is -2.00. The van der Waals surface area contributed by atoms with Crippen LogP contribution in [-0.4, -0.2) is 20.2 Å². The molecule has 32 heavy (non-hydrogen) atoms. The number of nitrogens with zero attached hydrogens (tertiary/aromatic N) is 3. The standard InChI is InChI=1S/C24H21N7S/c1-16-5-11-19(12-6-16)32-31-18-9-7-17(8-10-18)27-24-25-14-13-23(29-24)28-21-3-2-4-22-20(21)15-26-30-22/h2-15,31H,1H3,(H,26,30)(H2,25,27,28,29). The summed E-state index contributed by atoms with van der Waals surface area (Å²) in [4.78, 5) is 10.1.